The zero-order chi connectivity index (χ0) is 17.1. The summed E-state index contributed by atoms with van der Waals surface area (Å²) in [7, 11) is 0. The first-order chi connectivity index (χ1) is 11.5. The summed E-state index contributed by atoms with van der Waals surface area (Å²) in [6.45, 7) is 8.07. The van der Waals surface area contributed by atoms with Gasteiger partial charge in [0.15, 0.2) is 0 Å². The maximum Gasteiger partial charge on any atom is 0.227 e. The Hall–Kier alpha value is -2.29. The van der Waals surface area contributed by atoms with Crippen LogP contribution in [0.15, 0.2) is 42.5 Å². The van der Waals surface area contributed by atoms with Crippen LogP contribution in [0.1, 0.15) is 29.5 Å². The molecule has 24 heavy (non-hydrogen) atoms. The van der Waals surface area contributed by atoms with Crippen LogP contribution in [0.3, 0.4) is 0 Å². The van der Waals surface area contributed by atoms with Gasteiger partial charge in [0.2, 0.25) is 5.91 Å². The van der Waals surface area contributed by atoms with Crippen molar-refractivity contribution in [1.82, 2.24) is 0 Å². The van der Waals surface area contributed by atoms with Crippen LogP contribution in [-0.4, -0.2) is 19.0 Å². The summed E-state index contributed by atoms with van der Waals surface area (Å²) in [5.41, 5.74) is 5.77. The van der Waals surface area contributed by atoms with Gasteiger partial charge < -0.3 is 10.2 Å². The molecule has 3 nitrogen and oxygen atoms in total. The highest BCUT2D eigenvalue weighted by Crippen LogP contribution is 2.25. The molecule has 1 aliphatic rings. The van der Waals surface area contributed by atoms with Gasteiger partial charge in [0, 0.05) is 30.4 Å². The van der Waals surface area contributed by atoms with Gasteiger partial charge in [-0.1, -0.05) is 29.8 Å². The van der Waals surface area contributed by atoms with E-state index in [0.29, 0.717) is 0 Å². The van der Waals surface area contributed by atoms with Crippen molar-refractivity contribution in [3.63, 3.8) is 0 Å². The number of aryl methyl sites for hydroxylation is 3. The van der Waals surface area contributed by atoms with E-state index in [9.17, 15) is 4.79 Å². The number of carbonyl (C=O) groups is 1. The molecule has 0 atom stereocenters. The molecule has 126 valence electrons. The first-order valence-corrected chi connectivity index (χ1v) is 8.72. The Bertz CT molecular complexity index is 713. The number of benzene rings is 2. The molecule has 3 rings (SSSR count). The second-order valence-corrected chi connectivity index (χ2v) is 6.90. The van der Waals surface area contributed by atoms with Gasteiger partial charge in [-0.05, 0) is 62.9 Å². The van der Waals surface area contributed by atoms with Crippen molar-refractivity contribution in [2.24, 2.45) is 5.92 Å². The van der Waals surface area contributed by atoms with Gasteiger partial charge in [-0.25, -0.2) is 0 Å². The molecular formula is C21H26N2O. The van der Waals surface area contributed by atoms with E-state index in [4.69, 9.17) is 0 Å². The summed E-state index contributed by atoms with van der Waals surface area (Å²) in [6, 6.07) is 14.8. The van der Waals surface area contributed by atoms with E-state index < -0.39 is 0 Å². The van der Waals surface area contributed by atoms with Crippen LogP contribution in [0.5, 0.6) is 0 Å². The lowest BCUT2D eigenvalue weighted by Crippen LogP contribution is -2.38. The number of carbonyl (C=O) groups excluding carboxylic acids is 1. The van der Waals surface area contributed by atoms with Crippen LogP contribution >= 0.6 is 0 Å². The number of nitrogens with zero attached hydrogens (tertiary/aromatic N) is 1. The fraction of sp³-hybridized carbons (Fsp3) is 0.381. The molecule has 1 heterocycles. The standard InChI is InChI=1S/C21H26N2O/c1-15-5-8-19(9-6-15)23-12-10-18(11-13-23)21(24)22-20-14-16(2)4-7-17(20)3/h4-9,14,18H,10-13H2,1-3H3,(H,22,24). The number of amides is 1. The maximum atomic E-state index is 12.6. The first-order valence-electron chi connectivity index (χ1n) is 8.72. The molecule has 0 bridgehead atoms. The summed E-state index contributed by atoms with van der Waals surface area (Å²) in [5.74, 6) is 0.263. The summed E-state index contributed by atoms with van der Waals surface area (Å²) in [6.07, 6.45) is 1.81. The smallest absolute Gasteiger partial charge is 0.227 e. The van der Waals surface area contributed by atoms with E-state index in [1.54, 1.807) is 0 Å². The van der Waals surface area contributed by atoms with E-state index >= 15 is 0 Å². The monoisotopic (exact) mass is 322 g/mol. The van der Waals surface area contributed by atoms with Gasteiger partial charge in [0.25, 0.3) is 0 Å². The van der Waals surface area contributed by atoms with Gasteiger partial charge in [-0.2, -0.15) is 0 Å². The minimum Gasteiger partial charge on any atom is -0.371 e. The van der Waals surface area contributed by atoms with Crippen molar-refractivity contribution in [3.05, 3.63) is 59.2 Å². The molecule has 1 amide bonds. The third-order valence-electron chi connectivity index (χ3n) is 4.92. The number of hydrogen-bond donors (Lipinski definition) is 1. The van der Waals surface area contributed by atoms with Gasteiger partial charge in [0.1, 0.15) is 0 Å². The van der Waals surface area contributed by atoms with Crippen molar-refractivity contribution >= 4 is 17.3 Å². The minimum atomic E-state index is 0.103. The summed E-state index contributed by atoms with van der Waals surface area (Å²) < 4.78 is 0. The quantitative estimate of drug-likeness (QED) is 0.904. The third-order valence-corrected chi connectivity index (χ3v) is 4.92. The third kappa shape index (κ3) is 3.78. The van der Waals surface area contributed by atoms with Crippen LogP contribution in [0.25, 0.3) is 0 Å². The van der Waals surface area contributed by atoms with Crippen LogP contribution < -0.4 is 10.2 Å². The molecule has 1 N–H and O–H groups in total. The molecule has 0 radical (unpaired) electrons. The highest BCUT2D eigenvalue weighted by atomic mass is 16.1. The van der Waals surface area contributed by atoms with Crippen LogP contribution in [0.4, 0.5) is 11.4 Å². The summed E-state index contributed by atoms with van der Waals surface area (Å²) in [5, 5.41) is 3.13. The molecule has 0 unspecified atom stereocenters. The second-order valence-electron chi connectivity index (χ2n) is 6.90. The first kappa shape index (κ1) is 16.6. The largest absolute Gasteiger partial charge is 0.371 e. The Morgan fingerprint density at radius 1 is 0.958 bits per heavy atom. The summed E-state index contributed by atoms with van der Waals surface area (Å²) in [4.78, 5) is 15.0. The van der Waals surface area contributed by atoms with Crippen molar-refractivity contribution < 1.29 is 4.79 Å². The molecule has 1 saturated heterocycles. The Balaban J connectivity index is 1.59. The lowest BCUT2D eigenvalue weighted by molar-refractivity contribution is -0.120. The predicted molar refractivity (Wildman–Crippen MR) is 101 cm³/mol. The zero-order valence-electron chi connectivity index (χ0n) is 14.8. The van der Waals surface area contributed by atoms with E-state index in [1.807, 2.05) is 6.92 Å². The molecule has 0 spiro atoms. The molecule has 1 aliphatic heterocycles. The Kier molecular flexibility index (Phi) is 4.89. The van der Waals surface area contributed by atoms with E-state index in [1.165, 1.54) is 16.8 Å². The molecule has 0 saturated carbocycles. The van der Waals surface area contributed by atoms with Gasteiger partial charge >= 0.3 is 0 Å². The van der Waals surface area contributed by atoms with E-state index in [0.717, 1.165) is 37.2 Å². The molecule has 1 fully saturated rings. The normalized spacial score (nSPS) is 15.4. The van der Waals surface area contributed by atoms with Crippen LogP contribution in [0, 0.1) is 26.7 Å². The Morgan fingerprint density at radius 3 is 2.25 bits per heavy atom. The van der Waals surface area contributed by atoms with Gasteiger partial charge in [0.05, 0.1) is 0 Å². The van der Waals surface area contributed by atoms with Crippen LogP contribution in [-0.2, 0) is 4.79 Å². The molecule has 2 aromatic rings. The van der Waals surface area contributed by atoms with Crippen molar-refractivity contribution in [2.75, 3.05) is 23.3 Å². The molecule has 0 aliphatic carbocycles. The lowest BCUT2D eigenvalue weighted by Gasteiger charge is -2.33. The number of rotatable bonds is 3. The van der Waals surface area contributed by atoms with Crippen LogP contribution in [0.2, 0.25) is 0 Å². The molecule has 3 heteroatoms. The topological polar surface area (TPSA) is 32.3 Å². The highest BCUT2D eigenvalue weighted by Gasteiger charge is 2.25. The van der Waals surface area contributed by atoms with Crippen molar-refractivity contribution in [2.45, 2.75) is 33.6 Å². The molecule has 2 aromatic carbocycles. The zero-order valence-corrected chi connectivity index (χ0v) is 14.8. The number of hydrogen-bond acceptors (Lipinski definition) is 2. The van der Waals surface area contributed by atoms with Gasteiger partial charge in [-0.3, -0.25) is 4.79 Å². The highest BCUT2D eigenvalue weighted by molar-refractivity contribution is 5.93. The fourth-order valence-corrected chi connectivity index (χ4v) is 3.26. The molecule has 0 aromatic heterocycles. The van der Waals surface area contributed by atoms with Crippen molar-refractivity contribution in [1.29, 1.82) is 0 Å². The summed E-state index contributed by atoms with van der Waals surface area (Å²) >= 11 is 0. The van der Waals surface area contributed by atoms with E-state index in [-0.39, 0.29) is 11.8 Å². The Morgan fingerprint density at radius 2 is 1.58 bits per heavy atom. The molecular weight excluding hydrogens is 296 g/mol. The SMILES string of the molecule is Cc1ccc(N2CCC(C(=O)Nc3cc(C)ccc3C)CC2)cc1. The number of nitrogens with one attached hydrogen (secondary N) is 1. The maximum absolute atomic E-state index is 12.6. The fourth-order valence-electron chi connectivity index (χ4n) is 3.26. The second kappa shape index (κ2) is 7.08. The predicted octanol–water partition coefficient (Wildman–Crippen LogP) is 4.47. The Labute approximate surface area is 144 Å². The average Bonchev–Trinajstić information content (AvgIpc) is 2.59. The minimum absolute atomic E-state index is 0.103. The van der Waals surface area contributed by atoms with E-state index in [2.05, 4.69) is 66.5 Å². The van der Waals surface area contributed by atoms with Gasteiger partial charge in [-0.15, -0.1) is 0 Å². The number of piperidine rings is 1. The van der Waals surface area contributed by atoms with Crippen molar-refractivity contribution in [3.8, 4) is 0 Å². The average molecular weight is 322 g/mol. The number of anilines is 2. The lowest BCUT2D eigenvalue weighted by atomic mass is 9.95.